The second-order valence-electron chi connectivity index (χ2n) is 4.09. The van der Waals surface area contributed by atoms with E-state index in [0.717, 1.165) is 29.9 Å². The van der Waals surface area contributed by atoms with Crippen molar-refractivity contribution in [2.45, 2.75) is 33.6 Å². The van der Waals surface area contributed by atoms with Crippen LogP contribution in [0, 0.1) is 13.8 Å². The second kappa shape index (κ2) is 5.15. The first-order valence-corrected chi connectivity index (χ1v) is 6.96. The summed E-state index contributed by atoms with van der Waals surface area (Å²) < 4.78 is 0. The molecule has 0 fully saturated rings. The third kappa shape index (κ3) is 2.50. The van der Waals surface area contributed by atoms with Gasteiger partial charge in [0, 0.05) is 12.0 Å². The van der Waals surface area contributed by atoms with Gasteiger partial charge in [0.15, 0.2) is 0 Å². The van der Waals surface area contributed by atoms with Crippen LogP contribution in [0.25, 0.3) is 10.6 Å². The fraction of sp³-hybridized carbons (Fsp3) is 0.385. The van der Waals surface area contributed by atoms with E-state index >= 15 is 0 Å². The van der Waals surface area contributed by atoms with Gasteiger partial charge in [0.1, 0.15) is 11.0 Å². The van der Waals surface area contributed by atoms with E-state index in [1.54, 1.807) is 11.3 Å². The van der Waals surface area contributed by atoms with Crippen LogP contribution >= 0.6 is 22.9 Å². The number of aryl methyl sites for hydroxylation is 2. The molecule has 2 rings (SSSR count). The van der Waals surface area contributed by atoms with Gasteiger partial charge in [0.25, 0.3) is 0 Å². The zero-order valence-electron chi connectivity index (χ0n) is 10.2. The molecular weight excluding hydrogens is 252 g/mol. The molecule has 0 amide bonds. The number of nitrogens with zero attached hydrogens (tertiary/aromatic N) is 2. The van der Waals surface area contributed by atoms with Crippen molar-refractivity contribution < 1.29 is 0 Å². The Morgan fingerprint density at radius 1 is 1.29 bits per heavy atom. The molecule has 2 heterocycles. The Hall–Kier alpha value is -0.930. The van der Waals surface area contributed by atoms with Crippen molar-refractivity contribution >= 4 is 22.9 Å². The van der Waals surface area contributed by atoms with Crippen LogP contribution in [0.2, 0.25) is 5.15 Å². The molecule has 4 heteroatoms. The van der Waals surface area contributed by atoms with Gasteiger partial charge >= 0.3 is 0 Å². The molecule has 2 aromatic rings. The normalized spacial score (nSPS) is 10.8. The first-order chi connectivity index (χ1) is 8.13. The molecule has 17 heavy (non-hydrogen) atoms. The van der Waals surface area contributed by atoms with E-state index in [4.69, 9.17) is 11.6 Å². The van der Waals surface area contributed by atoms with Gasteiger partial charge in [-0.3, -0.25) is 0 Å². The number of thiophene rings is 1. The topological polar surface area (TPSA) is 25.8 Å². The smallest absolute Gasteiger partial charge is 0.136 e. The molecule has 0 N–H and O–H groups in total. The van der Waals surface area contributed by atoms with Crippen molar-refractivity contribution in [3.63, 3.8) is 0 Å². The first kappa shape index (κ1) is 12.5. The molecule has 0 aliphatic rings. The van der Waals surface area contributed by atoms with E-state index in [9.17, 15) is 0 Å². The number of halogens is 1. The third-order valence-corrected chi connectivity index (χ3v) is 4.07. The maximum atomic E-state index is 6.18. The maximum absolute atomic E-state index is 6.18. The van der Waals surface area contributed by atoms with E-state index in [-0.39, 0.29) is 0 Å². The van der Waals surface area contributed by atoms with Gasteiger partial charge in [0.2, 0.25) is 0 Å². The summed E-state index contributed by atoms with van der Waals surface area (Å²) in [5, 5.41) is 2.66. The average Bonchev–Trinajstić information content (AvgIpc) is 2.70. The fourth-order valence-electron chi connectivity index (χ4n) is 1.70. The largest absolute Gasteiger partial charge is 0.232 e. The van der Waals surface area contributed by atoms with Crippen LogP contribution in [-0.4, -0.2) is 9.97 Å². The van der Waals surface area contributed by atoms with Crippen LogP contribution in [0.1, 0.15) is 30.3 Å². The van der Waals surface area contributed by atoms with Crippen LogP contribution in [0.5, 0.6) is 0 Å². The SMILES string of the molecule is CCCc1nc(Cl)c(C)c(-c2sccc2C)n1. The standard InChI is InChI=1S/C13H15ClN2S/c1-4-5-10-15-11(9(3)13(14)16-10)12-8(2)6-7-17-12/h6-7H,4-5H2,1-3H3. The van der Waals surface area contributed by atoms with Gasteiger partial charge in [-0.2, -0.15) is 0 Å². The van der Waals surface area contributed by atoms with Gasteiger partial charge in [-0.25, -0.2) is 9.97 Å². The summed E-state index contributed by atoms with van der Waals surface area (Å²) in [6.45, 7) is 6.19. The van der Waals surface area contributed by atoms with Crippen molar-refractivity contribution in [2.24, 2.45) is 0 Å². The van der Waals surface area contributed by atoms with Crippen molar-refractivity contribution in [3.8, 4) is 10.6 Å². The molecular formula is C13H15ClN2S. The molecule has 0 saturated heterocycles. The lowest BCUT2D eigenvalue weighted by Gasteiger charge is -2.08. The van der Waals surface area contributed by atoms with Crippen molar-refractivity contribution in [1.29, 1.82) is 0 Å². The molecule has 0 unspecified atom stereocenters. The highest BCUT2D eigenvalue weighted by molar-refractivity contribution is 7.13. The second-order valence-corrected chi connectivity index (χ2v) is 5.36. The van der Waals surface area contributed by atoms with E-state index in [1.807, 2.05) is 6.92 Å². The Morgan fingerprint density at radius 3 is 2.65 bits per heavy atom. The Kier molecular flexibility index (Phi) is 3.79. The van der Waals surface area contributed by atoms with E-state index in [0.29, 0.717) is 5.15 Å². The molecule has 0 aromatic carbocycles. The monoisotopic (exact) mass is 266 g/mol. The Bertz CT molecular complexity index is 534. The predicted molar refractivity (Wildman–Crippen MR) is 73.8 cm³/mol. The fourth-order valence-corrected chi connectivity index (χ4v) is 2.86. The highest BCUT2D eigenvalue weighted by atomic mass is 35.5. The molecule has 2 aromatic heterocycles. The van der Waals surface area contributed by atoms with Gasteiger partial charge in [-0.1, -0.05) is 18.5 Å². The number of rotatable bonds is 3. The summed E-state index contributed by atoms with van der Waals surface area (Å²) in [4.78, 5) is 10.2. The number of hydrogen-bond acceptors (Lipinski definition) is 3. The number of hydrogen-bond donors (Lipinski definition) is 0. The van der Waals surface area contributed by atoms with E-state index < -0.39 is 0 Å². The maximum Gasteiger partial charge on any atom is 0.136 e. The zero-order chi connectivity index (χ0) is 12.4. The van der Waals surface area contributed by atoms with Crippen LogP contribution < -0.4 is 0 Å². The van der Waals surface area contributed by atoms with Crippen LogP contribution in [-0.2, 0) is 6.42 Å². The van der Waals surface area contributed by atoms with Gasteiger partial charge < -0.3 is 0 Å². The molecule has 0 radical (unpaired) electrons. The summed E-state index contributed by atoms with van der Waals surface area (Å²) in [6.07, 6.45) is 1.90. The molecule has 0 bridgehead atoms. The lowest BCUT2D eigenvalue weighted by molar-refractivity contribution is 0.833. The quantitative estimate of drug-likeness (QED) is 0.768. The van der Waals surface area contributed by atoms with Gasteiger partial charge in [0.05, 0.1) is 10.6 Å². The number of aromatic nitrogens is 2. The molecule has 90 valence electrons. The Balaban J connectivity index is 2.56. The molecule has 2 nitrogen and oxygen atoms in total. The third-order valence-electron chi connectivity index (χ3n) is 2.68. The Morgan fingerprint density at radius 2 is 2.06 bits per heavy atom. The van der Waals surface area contributed by atoms with Crippen molar-refractivity contribution in [3.05, 3.63) is 33.6 Å². The van der Waals surface area contributed by atoms with Gasteiger partial charge in [-0.15, -0.1) is 11.3 Å². The molecule has 0 saturated carbocycles. The minimum Gasteiger partial charge on any atom is -0.232 e. The minimum atomic E-state index is 0.575. The minimum absolute atomic E-state index is 0.575. The first-order valence-electron chi connectivity index (χ1n) is 5.71. The van der Waals surface area contributed by atoms with Crippen molar-refractivity contribution in [2.75, 3.05) is 0 Å². The van der Waals surface area contributed by atoms with Gasteiger partial charge in [-0.05, 0) is 37.3 Å². The summed E-state index contributed by atoms with van der Waals surface area (Å²) in [6, 6.07) is 2.11. The van der Waals surface area contributed by atoms with Crippen LogP contribution in [0.15, 0.2) is 11.4 Å². The molecule has 0 atom stereocenters. The summed E-state index contributed by atoms with van der Waals surface area (Å²) in [5.41, 5.74) is 3.20. The Labute approximate surface area is 111 Å². The predicted octanol–water partition coefficient (Wildman–Crippen LogP) is 4.43. The van der Waals surface area contributed by atoms with E-state index in [1.165, 1.54) is 10.4 Å². The summed E-state index contributed by atoms with van der Waals surface area (Å²) >= 11 is 7.88. The molecule has 0 aliphatic carbocycles. The molecule has 0 aliphatic heterocycles. The van der Waals surface area contributed by atoms with E-state index in [2.05, 4.69) is 35.3 Å². The summed E-state index contributed by atoms with van der Waals surface area (Å²) in [5.74, 6) is 0.839. The average molecular weight is 267 g/mol. The highest BCUT2D eigenvalue weighted by Gasteiger charge is 2.13. The lowest BCUT2D eigenvalue weighted by Crippen LogP contribution is -2.00. The van der Waals surface area contributed by atoms with Crippen LogP contribution in [0.3, 0.4) is 0 Å². The zero-order valence-corrected chi connectivity index (χ0v) is 11.8. The highest BCUT2D eigenvalue weighted by Crippen LogP contribution is 2.32. The summed E-state index contributed by atoms with van der Waals surface area (Å²) in [7, 11) is 0. The van der Waals surface area contributed by atoms with Crippen LogP contribution in [0.4, 0.5) is 0 Å². The molecule has 0 spiro atoms. The lowest BCUT2D eigenvalue weighted by atomic mass is 10.1. The van der Waals surface area contributed by atoms with Crippen molar-refractivity contribution in [1.82, 2.24) is 9.97 Å².